The van der Waals surface area contributed by atoms with Gasteiger partial charge in [0.2, 0.25) is 17.7 Å². The predicted octanol–water partition coefficient (Wildman–Crippen LogP) is 2.25. The minimum Gasteiger partial charge on any atom is -0.462 e. The fraction of sp³-hybridized carbons (Fsp3) is 0.478. The first kappa shape index (κ1) is 19.0. The first-order valence-corrected chi connectivity index (χ1v) is 10.6. The summed E-state index contributed by atoms with van der Waals surface area (Å²) in [6.45, 7) is 2.14. The van der Waals surface area contributed by atoms with Gasteiger partial charge >= 0.3 is 5.97 Å². The van der Waals surface area contributed by atoms with E-state index in [4.69, 9.17) is 4.74 Å². The Bertz CT molecular complexity index is 917. The van der Waals surface area contributed by atoms with Crippen molar-refractivity contribution in [3.63, 3.8) is 0 Å². The Morgan fingerprint density at radius 2 is 1.63 bits per heavy atom. The first-order valence-electron chi connectivity index (χ1n) is 10.6. The van der Waals surface area contributed by atoms with Crippen molar-refractivity contribution < 1.29 is 23.9 Å². The van der Waals surface area contributed by atoms with Crippen LogP contribution in [0.2, 0.25) is 0 Å². The van der Waals surface area contributed by atoms with Gasteiger partial charge in [-0.3, -0.25) is 19.3 Å². The molecule has 2 bridgehead atoms. The fourth-order valence-electron chi connectivity index (χ4n) is 5.58. The van der Waals surface area contributed by atoms with Crippen LogP contribution in [0, 0.1) is 35.5 Å². The van der Waals surface area contributed by atoms with Gasteiger partial charge < -0.3 is 10.1 Å². The molecule has 2 saturated carbocycles. The van der Waals surface area contributed by atoms with Crippen LogP contribution in [-0.2, 0) is 19.1 Å². The van der Waals surface area contributed by atoms with E-state index in [1.54, 1.807) is 31.2 Å². The number of ether oxygens (including phenoxy) is 1. The van der Waals surface area contributed by atoms with Crippen molar-refractivity contribution in [3.8, 4) is 0 Å². The molecule has 0 radical (unpaired) electrons. The highest BCUT2D eigenvalue weighted by atomic mass is 16.5. The van der Waals surface area contributed by atoms with Gasteiger partial charge in [0.15, 0.2) is 0 Å². The molecule has 1 saturated heterocycles. The van der Waals surface area contributed by atoms with Crippen LogP contribution in [0.1, 0.15) is 30.1 Å². The van der Waals surface area contributed by atoms with E-state index in [1.807, 2.05) is 0 Å². The average molecular weight is 408 g/mol. The highest BCUT2D eigenvalue weighted by Crippen LogP contribution is 2.65. The van der Waals surface area contributed by atoms with Crippen LogP contribution in [0.4, 0.5) is 5.69 Å². The van der Waals surface area contributed by atoms with Crippen LogP contribution < -0.4 is 5.32 Å². The maximum atomic E-state index is 12.9. The molecular weight excluding hydrogens is 384 g/mol. The number of rotatable bonds is 6. The molecule has 0 spiro atoms. The third kappa shape index (κ3) is 2.95. The van der Waals surface area contributed by atoms with Gasteiger partial charge in [-0.15, -0.1) is 0 Å². The summed E-state index contributed by atoms with van der Waals surface area (Å²) in [7, 11) is 0. The summed E-state index contributed by atoms with van der Waals surface area (Å²) in [5.74, 6) is 0.156. The molecule has 7 heteroatoms. The van der Waals surface area contributed by atoms with Crippen LogP contribution in [0.25, 0.3) is 0 Å². The van der Waals surface area contributed by atoms with Gasteiger partial charge in [0.25, 0.3) is 0 Å². The number of esters is 1. The van der Waals surface area contributed by atoms with E-state index in [1.165, 1.54) is 4.90 Å². The molecule has 3 fully saturated rings. The van der Waals surface area contributed by atoms with Gasteiger partial charge in [-0.2, -0.15) is 0 Å². The number of anilines is 1. The summed E-state index contributed by atoms with van der Waals surface area (Å²) in [4.78, 5) is 51.2. The van der Waals surface area contributed by atoms with Crippen molar-refractivity contribution in [2.75, 3.05) is 18.5 Å². The molecule has 0 unspecified atom stereocenters. The van der Waals surface area contributed by atoms with Crippen molar-refractivity contribution in [1.29, 1.82) is 0 Å². The quantitative estimate of drug-likeness (QED) is 0.443. The SMILES string of the molecule is CCOC(=O)c1ccc(NC(=O)CCN2C(=O)[C@@H]3[C@H]4C=C[C@@H]([C@@H]5C[C@H]45)[C@@H]3C2=O)cc1. The second-order valence-electron chi connectivity index (χ2n) is 8.58. The molecule has 5 aliphatic rings. The smallest absolute Gasteiger partial charge is 0.338 e. The standard InChI is InChI=1S/C23H24N2O5/c1-2-30-23(29)12-3-5-13(6-4-12)24-18(26)9-10-25-21(27)19-14-7-8-15(17-11-16(14)17)20(19)22(25)28/h3-8,14-17,19-20H,2,9-11H2,1H3,(H,24,26)/t14-,15-,16-,17+,19-,20+/m0/s1. The van der Waals surface area contributed by atoms with E-state index < -0.39 is 5.97 Å². The molecule has 1 aliphatic heterocycles. The molecule has 6 rings (SSSR count). The Kier molecular flexibility index (Phi) is 4.49. The highest BCUT2D eigenvalue weighted by molar-refractivity contribution is 6.06. The maximum Gasteiger partial charge on any atom is 0.338 e. The van der Waals surface area contributed by atoms with Crippen molar-refractivity contribution in [2.24, 2.45) is 35.5 Å². The average Bonchev–Trinajstić information content (AvgIpc) is 3.52. The van der Waals surface area contributed by atoms with Crippen LogP contribution in [0.15, 0.2) is 36.4 Å². The molecule has 30 heavy (non-hydrogen) atoms. The molecule has 1 aromatic carbocycles. The van der Waals surface area contributed by atoms with Gasteiger partial charge in [-0.25, -0.2) is 4.79 Å². The molecule has 3 amide bonds. The topological polar surface area (TPSA) is 92.8 Å². The predicted molar refractivity (Wildman–Crippen MR) is 107 cm³/mol. The summed E-state index contributed by atoms with van der Waals surface area (Å²) >= 11 is 0. The molecule has 6 atom stereocenters. The lowest BCUT2D eigenvalue weighted by atomic mass is 9.63. The Morgan fingerprint density at radius 3 is 2.20 bits per heavy atom. The summed E-state index contributed by atoms with van der Waals surface area (Å²) in [6, 6.07) is 6.42. The zero-order valence-electron chi connectivity index (χ0n) is 16.7. The molecule has 1 N–H and O–H groups in total. The lowest BCUT2D eigenvalue weighted by Crippen LogP contribution is -2.40. The molecule has 156 valence electrons. The highest BCUT2D eigenvalue weighted by Gasteiger charge is 2.66. The van der Waals surface area contributed by atoms with Gasteiger partial charge in [-0.1, -0.05) is 12.2 Å². The number of amides is 3. The van der Waals surface area contributed by atoms with Crippen LogP contribution >= 0.6 is 0 Å². The number of carbonyl (C=O) groups excluding carboxylic acids is 4. The van der Waals surface area contributed by atoms with Gasteiger partial charge in [-0.05, 0) is 61.3 Å². The van der Waals surface area contributed by atoms with Gasteiger partial charge in [0.05, 0.1) is 24.0 Å². The Labute approximate surface area is 174 Å². The Balaban J connectivity index is 1.18. The second kappa shape index (κ2) is 7.07. The monoisotopic (exact) mass is 408 g/mol. The van der Waals surface area contributed by atoms with E-state index in [-0.39, 0.29) is 54.4 Å². The third-order valence-corrected chi connectivity index (χ3v) is 7.00. The molecule has 0 aromatic heterocycles. The van der Waals surface area contributed by atoms with E-state index in [0.717, 1.165) is 6.42 Å². The maximum absolute atomic E-state index is 12.9. The number of nitrogens with zero attached hydrogens (tertiary/aromatic N) is 1. The van der Waals surface area contributed by atoms with Crippen LogP contribution in [0.3, 0.4) is 0 Å². The number of benzene rings is 1. The van der Waals surface area contributed by atoms with Crippen molar-refractivity contribution in [2.45, 2.75) is 19.8 Å². The van der Waals surface area contributed by atoms with Crippen LogP contribution in [-0.4, -0.2) is 41.7 Å². The van der Waals surface area contributed by atoms with Crippen molar-refractivity contribution in [3.05, 3.63) is 42.0 Å². The molecule has 1 heterocycles. The van der Waals surface area contributed by atoms with E-state index in [2.05, 4.69) is 17.5 Å². The van der Waals surface area contributed by atoms with Crippen molar-refractivity contribution in [1.82, 2.24) is 4.90 Å². The normalized spacial score (nSPS) is 32.6. The molecule has 4 aliphatic carbocycles. The largest absolute Gasteiger partial charge is 0.462 e. The summed E-state index contributed by atoms with van der Waals surface area (Å²) in [5, 5.41) is 2.75. The number of hydrogen-bond acceptors (Lipinski definition) is 5. The summed E-state index contributed by atoms with van der Waals surface area (Å²) < 4.78 is 4.93. The molecular formula is C23H24N2O5. The minimum absolute atomic E-state index is 0.0478. The fourth-order valence-corrected chi connectivity index (χ4v) is 5.58. The lowest BCUT2D eigenvalue weighted by Gasteiger charge is -2.37. The second-order valence-corrected chi connectivity index (χ2v) is 8.58. The minimum atomic E-state index is -0.413. The number of hydrogen-bond donors (Lipinski definition) is 1. The zero-order valence-corrected chi connectivity index (χ0v) is 16.7. The van der Waals surface area contributed by atoms with Crippen LogP contribution in [0.5, 0.6) is 0 Å². The van der Waals surface area contributed by atoms with Gasteiger partial charge in [0.1, 0.15) is 0 Å². The molecule has 7 nitrogen and oxygen atoms in total. The van der Waals surface area contributed by atoms with Crippen molar-refractivity contribution >= 4 is 29.4 Å². The number of imide groups is 1. The number of allylic oxidation sites excluding steroid dienone is 2. The van der Waals surface area contributed by atoms with Gasteiger partial charge in [0, 0.05) is 18.7 Å². The molecule has 1 aromatic rings. The Morgan fingerprint density at radius 1 is 1.03 bits per heavy atom. The third-order valence-electron chi connectivity index (χ3n) is 7.00. The first-order chi connectivity index (χ1) is 14.5. The summed E-state index contributed by atoms with van der Waals surface area (Å²) in [5.41, 5.74) is 0.954. The van der Waals surface area contributed by atoms with E-state index in [9.17, 15) is 19.2 Å². The van der Waals surface area contributed by atoms with E-state index >= 15 is 0 Å². The zero-order chi connectivity index (χ0) is 21.0. The Hall–Kier alpha value is -2.96. The lowest BCUT2D eigenvalue weighted by molar-refractivity contribution is -0.140. The number of carbonyl (C=O) groups is 4. The van der Waals surface area contributed by atoms with E-state index in [0.29, 0.717) is 29.7 Å². The summed E-state index contributed by atoms with van der Waals surface area (Å²) in [6.07, 6.45) is 5.46. The number of likely N-dealkylation sites (tertiary alicyclic amines) is 1. The number of nitrogens with one attached hydrogen (secondary N) is 1.